The van der Waals surface area contributed by atoms with Crippen molar-refractivity contribution in [3.05, 3.63) is 29.8 Å². The second-order valence-electron chi connectivity index (χ2n) is 9.27. The number of hydrogen-bond acceptors (Lipinski definition) is 5. The lowest BCUT2D eigenvalue weighted by atomic mass is 9.62. The van der Waals surface area contributed by atoms with E-state index in [0.29, 0.717) is 24.1 Å². The van der Waals surface area contributed by atoms with Crippen LogP contribution in [0.15, 0.2) is 24.3 Å². The molecule has 2 atom stereocenters. The molecule has 2 aliphatic rings. The third kappa shape index (κ3) is 3.73. The van der Waals surface area contributed by atoms with E-state index in [9.17, 15) is 19.2 Å². The molecule has 1 aliphatic heterocycles. The van der Waals surface area contributed by atoms with Crippen LogP contribution in [0.1, 0.15) is 64.2 Å². The van der Waals surface area contributed by atoms with E-state index in [0.717, 1.165) is 0 Å². The second-order valence-corrected chi connectivity index (χ2v) is 9.27. The molecular weight excluding hydrogens is 384 g/mol. The summed E-state index contributed by atoms with van der Waals surface area (Å²) in [5.74, 6) is -1.24. The highest BCUT2D eigenvalue weighted by molar-refractivity contribution is 6.04. The van der Waals surface area contributed by atoms with Gasteiger partial charge in [-0.25, -0.2) is 4.79 Å². The van der Waals surface area contributed by atoms with E-state index in [1.807, 2.05) is 20.8 Å². The molecular formula is C23H30N2O5. The SMILES string of the molecule is CC(C)OC(=O)c1ccc(NC(=O)CCN2C(=O)C3CCC(C)(C2=O)C3(C)C)cc1. The first-order valence-corrected chi connectivity index (χ1v) is 10.4. The van der Waals surface area contributed by atoms with Crippen LogP contribution in [0.25, 0.3) is 0 Å². The molecule has 0 aromatic heterocycles. The van der Waals surface area contributed by atoms with Crippen LogP contribution in [-0.4, -0.2) is 41.2 Å². The largest absolute Gasteiger partial charge is 0.459 e. The first-order chi connectivity index (χ1) is 14.0. The van der Waals surface area contributed by atoms with Crippen LogP contribution in [0.4, 0.5) is 5.69 Å². The van der Waals surface area contributed by atoms with Crippen LogP contribution in [0.5, 0.6) is 0 Å². The zero-order valence-corrected chi connectivity index (χ0v) is 18.3. The lowest BCUT2D eigenvalue weighted by Gasteiger charge is -2.47. The third-order valence-electron chi connectivity index (χ3n) is 6.82. The predicted octanol–water partition coefficient (Wildman–Crippen LogP) is 3.39. The molecule has 7 heteroatoms. The number of imide groups is 1. The summed E-state index contributed by atoms with van der Waals surface area (Å²) in [5, 5.41) is 2.74. The molecule has 0 radical (unpaired) electrons. The maximum Gasteiger partial charge on any atom is 0.338 e. The number of piperidine rings is 1. The van der Waals surface area contributed by atoms with Gasteiger partial charge in [-0.05, 0) is 56.4 Å². The Morgan fingerprint density at radius 3 is 2.40 bits per heavy atom. The Bertz CT molecular complexity index is 874. The highest BCUT2D eigenvalue weighted by Gasteiger charge is 2.64. The number of rotatable bonds is 6. The van der Waals surface area contributed by atoms with Gasteiger partial charge in [-0.15, -0.1) is 0 Å². The number of hydrogen-bond donors (Lipinski definition) is 1. The summed E-state index contributed by atoms with van der Waals surface area (Å²) in [6.45, 7) is 9.54. The van der Waals surface area contributed by atoms with Crippen molar-refractivity contribution in [2.75, 3.05) is 11.9 Å². The molecule has 2 fully saturated rings. The standard InChI is InChI=1S/C23H30N2O5/c1-14(2)30-20(28)15-6-8-16(9-7-15)24-18(26)11-13-25-19(27)17-10-12-23(5,21(25)29)22(17,3)4/h6-9,14,17H,10-13H2,1-5H3,(H,24,26). The second kappa shape index (κ2) is 7.85. The summed E-state index contributed by atoms with van der Waals surface area (Å²) in [4.78, 5) is 51.4. The van der Waals surface area contributed by atoms with E-state index in [1.165, 1.54) is 4.90 Å². The summed E-state index contributed by atoms with van der Waals surface area (Å²) in [5.41, 5.74) is 0.00373. The van der Waals surface area contributed by atoms with Gasteiger partial charge in [0.25, 0.3) is 0 Å². The number of esters is 1. The van der Waals surface area contributed by atoms with Crippen molar-refractivity contribution in [3.63, 3.8) is 0 Å². The summed E-state index contributed by atoms with van der Waals surface area (Å²) < 4.78 is 5.13. The summed E-state index contributed by atoms with van der Waals surface area (Å²) in [6, 6.07) is 6.41. The molecule has 1 saturated carbocycles. The summed E-state index contributed by atoms with van der Waals surface area (Å²) >= 11 is 0. The van der Waals surface area contributed by atoms with E-state index < -0.39 is 11.4 Å². The van der Waals surface area contributed by atoms with Gasteiger partial charge in [-0.1, -0.05) is 20.8 Å². The summed E-state index contributed by atoms with van der Waals surface area (Å²) in [6.07, 6.45) is 1.23. The van der Waals surface area contributed by atoms with Crippen LogP contribution < -0.4 is 5.32 Å². The number of carbonyl (C=O) groups is 4. The zero-order valence-electron chi connectivity index (χ0n) is 18.3. The number of likely N-dealkylation sites (tertiary alicyclic amines) is 1. The molecule has 30 heavy (non-hydrogen) atoms. The van der Waals surface area contributed by atoms with E-state index >= 15 is 0 Å². The quantitative estimate of drug-likeness (QED) is 0.569. The minimum atomic E-state index is -0.567. The van der Waals surface area contributed by atoms with Crippen molar-refractivity contribution in [2.45, 2.75) is 60.0 Å². The monoisotopic (exact) mass is 414 g/mol. The molecule has 1 aromatic rings. The third-order valence-corrected chi connectivity index (χ3v) is 6.82. The number of nitrogens with one attached hydrogen (secondary N) is 1. The maximum atomic E-state index is 13.0. The highest BCUT2D eigenvalue weighted by Crippen LogP contribution is 2.60. The van der Waals surface area contributed by atoms with Gasteiger partial charge in [0.1, 0.15) is 0 Å². The lowest BCUT2D eigenvalue weighted by molar-refractivity contribution is -0.167. The van der Waals surface area contributed by atoms with E-state index in [1.54, 1.807) is 38.1 Å². The smallest absolute Gasteiger partial charge is 0.338 e. The Morgan fingerprint density at radius 1 is 1.17 bits per heavy atom. The average Bonchev–Trinajstić information content (AvgIpc) is 2.85. The van der Waals surface area contributed by atoms with Crippen LogP contribution in [0.3, 0.4) is 0 Å². The fourth-order valence-corrected chi connectivity index (χ4v) is 4.52. The van der Waals surface area contributed by atoms with Crippen LogP contribution >= 0.6 is 0 Å². The predicted molar refractivity (Wildman–Crippen MR) is 112 cm³/mol. The Balaban J connectivity index is 1.58. The highest BCUT2D eigenvalue weighted by atomic mass is 16.5. The molecule has 3 amide bonds. The van der Waals surface area contributed by atoms with Gasteiger partial charge in [-0.3, -0.25) is 19.3 Å². The Hall–Kier alpha value is -2.70. The first-order valence-electron chi connectivity index (χ1n) is 10.4. The van der Waals surface area contributed by atoms with Gasteiger partial charge in [0.05, 0.1) is 17.1 Å². The van der Waals surface area contributed by atoms with Crippen molar-refractivity contribution in [1.29, 1.82) is 0 Å². The molecule has 2 unspecified atom stereocenters. The Labute approximate surface area is 177 Å². The molecule has 0 spiro atoms. The topological polar surface area (TPSA) is 92.8 Å². The van der Waals surface area contributed by atoms with Gasteiger partial charge < -0.3 is 10.1 Å². The summed E-state index contributed by atoms with van der Waals surface area (Å²) in [7, 11) is 0. The number of anilines is 1. The van der Waals surface area contributed by atoms with Crippen molar-refractivity contribution in [1.82, 2.24) is 4.90 Å². The van der Waals surface area contributed by atoms with E-state index in [2.05, 4.69) is 5.32 Å². The van der Waals surface area contributed by atoms with Gasteiger partial charge >= 0.3 is 5.97 Å². The van der Waals surface area contributed by atoms with Crippen LogP contribution in [0.2, 0.25) is 0 Å². The van der Waals surface area contributed by atoms with Crippen molar-refractivity contribution >= 4 is 29.4 Å². The molecule has 7 nitrogen and oxygen atoms in total. The Morgan fingerprint density at radius 2 is 1.80 bits per heavy atom. The molecule has 1 saturated heterocycles. The molecule has 1 aromatic carbocycles. The zero-order chi connectivity index (χ0) is 22.3. The normalized spacial score (nSPS) is 24.9. The van der Waals surface area contributed by atoms with Gasteiger partial charge in [0.2, 0.25) is 17.7 Å². The Kier molecular flexibility index (Phi) is 5.76. The molecule has 1 heterocycles. The fraction of sp³-hybridized carbons (Fsp3) is 0.565. The van der Waals surface area contributed by atoms with Gasteiger partial charge in [0.15, 0.2) is 0 Å². The number of carbonyl (C=O) groups excluding carboxylic acids is 4. The van der Waals surface area contributed by atoms with Crippen LogP contribution in [-0.2, 0) is 19.1 Å². The molecule has 1 N–H and O–H groups in total. The minimum absolute atomic E-state index is 0.0256. The minimum Gasteiger partial charge on any atom is -0.459 e. The number of ether oxygens (including phenoxy) is 1. The molecule has 162 valence electrons. The molecule has 3 rings (SSSR count). The first kappa shape index (κ1) is 22.0. The van der Waals surface area contributed by atoms with Crippen LogP contribution in [0, 0.1) is 16.7 Å². The van der Waals surface area contributed by atoms with Gasteiger partial charge in [0, 0.05) is 24.6 Å². The number of nitrogens with zero attached hydrogens (tertiary/aromatic N) is 1. The average molecular weight is 415 g/mol. The lowest BCUT2D eigenvalue weighted by Crippen LogP contribution is -2.59. The number of amides is 3. The van der Waals surface area contributed by atoms with Crippen molar-refractivity contribution in [2.24, 2.45) is 16.7 Å². The van der Waals surface area contributed by atoms with E-state index in [-0.39, 0.29) is 48.1 Å². The molecule has 1 aliphatic carbocycles. The number of benzene rings is 1. The van der Waals surface area contributed by atoms with E-state index in [4.69, 9.17) is 4.74 Å². The number of fused-ring (bicyclic) bond motifs is 2. The molecule has 2 bridgehead atoms. The van der Waals surface area contributed by atoms with Crippen molar-refractivity contribution in [3.8, 4) is 0 Å². The van der Waals surface area contributed by atoms with Gasteiger partial charge in [-0.2, -0.15) is 0 Å². The maximum absolute atomic E-state index is 13.0. The fourth-order valence-electron chi connectivity index (χ4n) is 4.52. The van der Waals surface area contributed by atoms with Crippen molar-refractivity contribution < 1.29 is 23.9 Å².